The fraction of sp³-hybridized carbons (Fsp3) is 0.0118. The minimum atomic E-state index is -0.663. The minimum absolute atomic E-state index is 0.663. The lowest BCUT2D eigenvalue weighted by molar-refractivity contribution is 0.793. The smallest absolute Gasteiger partial charge is 0.0727 e. The Labute approximate surface area is 521 Å². The van der Waals surface area contributed by atoms with Crippen LogP contribution in [0.4, 0.5) is 68.2 Å². The maximum Gasteiger partial charge on any atom is 0.0727 e. The van der Waals surface area contributed by atoms with Crippen molar-refractivity contribution < 1.29 is 0 Å². The van der Waals surface area contributed by atoms with Crippen LogP contribution in [-0.2, 0) is 5.41 Å². The summed E-state index contributed by atoms with van der Waals surface area (Å²) in [6.45, 7) is 0. The highest BCUT2D eigenvalue weighted by atomic mass is 15.2. The normalized spacial score (nSPS) is 12.1. The molecule has 0 radical (unpaired) electrons. The third-order valence-corrected chi connectivity index (χ3v) is 17.8. The van der Waals surface area contributed by atoms with Gasteiger partial charge in [-0.25, -0.2) is 0 Å². The molecule has 2 aliphatic carbocycles. The van der Waals surface area contributed by atoms with Crippen LogP contribution in [0.1, 0.15) is 22.3 Å². The number of nitrogens with zero attached hydrogens (tertiary/aromatic N) is 4. The Balaban J connectivity index is 0.809. The van der Waals surface area contributed by atoms with E-state index in [1.807, 2.05) is 0 Å². The topological polar surface area (TPSA) is 13.0 Å². The number of rotatable bonds is 14. The quantitative estimate of drug-likeness (QED) is 0.108. The molecule has 4 heteroatoms. The van der Waals surface area contributed by atoms with Gasteiger partial charge in [0.05, 0.1) is 5.41 Å². The number of hydrogen-bond acceptors (Lipinski definition) is 4. The molecule has 0 atom stereocenters. The second-order valence-electron chi connectivity index (χ2n) is 22.9. The summed E-state index contributed by atoms with van der Waals surface area (Å²) in [6.07, 6.45) is 0. The van der Waals surface area contributed by atoms with Gasteiger partial charge in [-0.3, -0.25) is 0 Å². The first-order valence-corrected chi connectivity index (χ1v) is 30.6. The molecular weight excluding hydrogens is 1080 g/mol. The summed E-state index contributed by atoms with van der Waals surface area (Å²) in [5.41, 5.74) is 27.2. The van der Waals surface area contributed by atoms with Crippen molar-refractivity contribution in [2.75, 3.05) is 19.6 Å². The van der Waals surface area contributed by atoms with E-state index in [0.29, 0.717) is 0 Å². The second-order valence-corrected chi connectivity index (χ2v) is 22.9. The van der Waals surface area contributed by atoms with Crippen molar-refractivity contribution in [1.82, 2.24) is 0 Å². The average Bonchev–Trinajstić information content (AvgIpc) is 2.07. The fourth-order valence-corrected chi connectivity index (χ4v) is 13.9. The number of benzene rings is 14. The first-order valence-electron chi connectivity index (χ1n) is 30.6. The first-order chi connectivity index (χ1) is 44.2. The predicted octanol–water partition coefficient (Wildman–Crippen LogP) is 23.2. The second kappa shape index (κ2) is 22.6. The van der Waals surface area contributed by atoms with Crippen LogP contribution >= 0.6 is 0 Å². The van der Waals surface area contributed by atoms with Gasteiger partial charge in [0.1, 0.15) is 0 Å². The van der Waals surface area contributed by atoms with Crippen molar-refractivity contribution in [1.29, 1.82) is 0 Å². The van der Waals surface area contributed by atoms with E-state index in [1.54, 1.807) is 0 Å². The minimum Gasteiger partial charge on any atom is -0.311 e. The predicted molar refractivity (Wildman–Crippen MR) is 372 cm³/mol. The van der Waals surface area contributed by atoms with E-state index in [2.05, 4.69) is 384 Å². The SMILES string of the molecule is c1ccc(N(c2ccccc2)c2ccc(-c3ccc(N(c4ccccc4)c4cccc(-c5ccc6c(c5)-c5ccccc5C65c6cc(N(c7ccccc7)c7ccccc7)ccc6-c6ccc(N(c7ccccc7)c7ccccc7)cc65)c4)cc3)cc2)cc1. The molecule has 14 aromatic rings. The van der Waals surface area contributed by atoms with Gasteiger partial charge in [0.15, 0.2) is 0 Å². The first kappa shape index (κ1) is 52.8. The van der Waals surface area contributed by atoms with Crippen LogP contribution in [0, 0.1) is 0 Å². The van der Waals surface area contributed by atoms with Crippen molar-refractivity contribution in [3.05, 3.63) is 386 Å². The molecule has 0 unspecified atom stereocenters. The Bertz CT molecular complexity index is 4560. The summed E-state index contributed by atoms with van der Waals surface area (Å²) in [5, 5.41) is 0. The van der Waals surface area contributed by atoms with Gasteiger partial charge < -0.3 is 19.6 Å². The highest BCUT2D eigenvalue weighted by molar-refractivity contribution is 5.99. The molecule has 0 bridgehead atoms. The van der Waals surface area contributed by atoms with Crippen LogP contribution in [0.3, 0.4) is 0 Å². The Morgan fingerprint density at radius 3 is 0.809 bits per heavy atom. The number of anilines is 12. The summed E-state index contributed by atoms with van der Waals surface area (Å²) >= 11 is 0. The molecule has 0 saturated carbocycles. The van der Waals surface area contributed by atoms with Crippen molar-refractivity contribution in [2.24, 2.45) is 0 Å². The van der Waals surface area contributed by atoms with Gasteiger partial charge >= 0.3 is 0 Å². The summed E-state index contributed by atoms with van der Waals surface area (Å²) in [5.74, 6) is 0. The van der Waals surface area contributed by atoms with Gasteiger partial charge in [-0.05, 0) is 218 Å². The van der Waals surface area contributed by atoms with Gasteiger partial charge in [0, 0.05) is 68.2 Å². The maximum absolute atomic E-state index is 2.48. The van der Waals surface area contributed by atoms with Gasteiger partial charge in [0.25, 0.3) is 0 Å². The number of fused-ring (bicyclic) bond motifs is 10. The zero-order valence-electron chi connectivity index (χ0n) is 48.9. The summed E-state index contributed by atoms with van der Waals surface area (Å²) < 4.78 is 0. The molecule has 0 heterocycles. The summed E-state index contributed by atoms with van der Waals surface area (Å²) in [4.78, 5) is 9.46. The molecule has 420 valence electrons. The molecule has 0 N–H and O–H groups in total. The lowest BCUT2D eigenvalue weighted by Crippen LogP contribution is -2.26. The third kappa shape index (κ3) is 9.34. The Kier molecular flexibility index (Phi) is 13.4. The van der Waals surface area contributed by atoms with Crippen molar-refractivity contribution in [3.63, 3.8) is 0 Å². The lowest BCUT2D eigenvalue weighted by atomic mass is 9.70. The van der Waals surface area contributed by atoms with Gasteiger partial charge in [-0.1, -0.05) is 212 Å². The maximum atomic E-state index is 2.48. The molecule has 89 heavy (non-hydrogen) atoms. The van der Waals surface area contributed by atoms with Crippen LogP contribution in [0.5, 0.6) is 0 Å². The van der Waals surface area contributed by atoms with E-state index < -0.39 is 5.41 Å². The molecular formula is C85H60N4. The van der Waals surface area contributed by atoms with E-state index in [9.17, 15) is 0 Å². The van der Waals surface area contributed by atoms with Crippen molar-refractivity contribution in [2.45, 2.75) is 5.41 Å². The molecule has 4 nitrogen and oxygen atoms in total. The van der Waals surface area contributed by atoms with Gasteiger partial charge in [-0.15, -0.1) is 0 Å². The molecule has 1 spiro atoms. The van der Waals surface area contributed by atoms with Gasteiger partial charge in [-0.2, -0.15) is 0 Å². The molecule has 0 amide bonds. The fourth-order valence-electron chi connectivity index (χ4n) is 13.9. The number of para-hydroxylation sites is 7. The Hall–Kier alpha value is -11.7. The molecule has 0 aliphatic heterocycles. The largest absolute Gasteiger partial charge is 0.311 e. The van der Waals surface area contributed by atoms with Gasteiger partial charge in [0.2, 0.25) is 0 Å². The van der Waals surface area contributed by atoms with Crippen LogP contribution < -0.4 is 19.6 Å². The molecule has 2 aliphatic rings. The van der Waals surface area contributed by atoms with Crippen molar-refractivity contribution >= 4 is 68.2 Å². The van der Waals surface area contributed by atoms with Crippen LogP contribution in [0.25, 0.3) is 44.5 Å². The van der Waals surface area contributed by atoms with E-state index in [-0.39, 0.29) is 0 Å². The van der Waals surface area contributed by atoms with E-state index in [1.165, 1.54) is 44.5 Å². The highest BCUT2D eigenvalue weighted by Gasteiger charge is 2.52. The summed E-state index contributed by atoms with van der Waals surface area (Å²) in [6, 6.07) is 133. The Morgan fingerprint density at radius 1 is 0.146 bits per heavy atom. The molecule has 0 saturated heterocycles. The summed E-state index contributed by atoms with van der Waals surface area (Å²) in [7, 11) is 0. The lowest BCUT2D eigenvalue weighted by Gasteiger charge is -2.33. The monoisotopic (exact) mass is 1140 g/mol. The van der Waals surface area contributed by atoms with Crippen LogP contribution in [0.2, 0.25) is 0 Å². The third-order valence-electron chi connectivity index (χ3n) is 17.8. The number of hydrogen-bond donors (Lipinski definition) is 0. The highest BCUT2D eigenvalue weighted by Crippen LogP contribution is 2.64. The van der Waals surface area contributed by atoms with Crippen LogP contribution in [0.15, 0.2) is 364 Å². The Morgan fingerprint density at radius 2 is 0.416 bits per heavy atom. The standard InChI is InChI=1S/C85H60N4/c1-8-26-65(27-9-1)86(66-28-10-2-11-29-66)72-48-43-61(44-49-72)62-45-50-73(51-46-62)89(71-38-20-7-21-39-71)74-40-24-25-63(57-74)64-47-56-82-80(58-64)77-41-22-23-42-81(77)85(82)83-59-75(87(67-30-12-3-13-31-67)68-32-14-4-15-33-68)52-54-78(83)79-55-53-76(60-84(79)85)88(69-34-16-5-17-35-69)70-36-18-6-19-37-70/h1-60H. The molecule has 0 aromatic heterocycles. The molecule has 14 aromatic carbocycles. The molecule has 0 fully saturated rings. The average molecular weight is 1140 g/mol. The van der Waals surface area contributed by atoms with E-state index in [0.717, 1.165) is 90.5 Å². The molecule has 16 rings (SSSR count). The zero-order chi connectivity index (χ0) is 59.1. The zero-order valence-corrected chi connectivity index (χ0v) is 48.9. The van der Waals surface area contributed by atoms with E-state index in [4.69, 9.17) is 0 Å². The van der Waals surface area contributed by atoms with E-state index >= 15 is 0 Å². The van der Waals surface area contributed by atoms with Crippen LogP contribution in [-0.4, -0.2) is 0 Å². The van der Waals surface area contributed by atoms with Crippen molar-refractivity contribution in [3.8, 4) is 44.5 Å².